The molecule has 0 radical (unpaired) electrons. The minimum absolute atomic E-state index is 0.0954. The molecule has 0 aromatic heterocycles. The molecule has 0 bridgehead atoms. The predicted octanol–water partition coefficient (Wildman–Crippen LogP) is 4.69. The molecule has 0 saturated heterocycles. The van der Waals surface area contributed by atoms with Crippen LogP contribution in [0.3, 0.4) is 0 Å². The Morgan fingerprint density at radius 1 is 1.21 bits per heavy atom. The number of hydrogen-bond acceptors (Lipinski definition) is 4. The van der Waals surface area contributed by atoms with E-state index in [1.54, 1.807) is 13.2 Å². The number of rotatable bonds is 8. The Balaban J connectivity index is 1.97. The van der Waals surface area contributed by atoms with Gasteiger partial charge in [0.05, 0.1) is 20.3 Å². The first-order valence-electron chi connectivity index (χ1n) is 7.24. The van der Waals surface area contributed by atoms with E-state index in [2.05, 4.69) is 5.32 Å². The molecule has 0 fully saturated rings. The van der Waals surface area contributed by atoms with Crippen molar-refractivity contribution in [2.75, 3.05) is 12.4 Å². The topological polar surface area (TPSA) is 54.3 Å². The van der Waals surface area contributed by atoms with Crippen LogP contribution in [0.1, 0.15) is 11.1 Å². The molecular formula is C18H18ClFN2O2. The molecule has 6 heteroatoms. The highest BCUT2D eigenvalue weighted by atomic mass is 35.5. The van der Waals surface area contributed by atoms with Crippen molar-refractivity contribution in [3.63, 3.8) is 0 Å². The summed E-state index contributed by atoms with van der Waals surface area (Å²) in [6, 6.07) is 11.9. The second-order valence-electron chi connectivity index (χ2n) is 4.97. The standard InChI is InChI=1S/C18H18ClFN2O2/c1-23-16-5-2-13(3-6-16)11-24-12-14-10-15(20)4-7-17(14)22-9-8-18(19)21/h2-10,21-22H,11-12H2,1H3/b9-8-,21-18?. The Hall–Kier alpha value is -2.37. The van der Waals surface area contributed by atoms with E-state index in [9.17, 15) is 4.39 Å². The smallest absolute Gasteiger partial charge is 0.123 e. The monoisotopic (exact) mass is 348 g/mol. The summed E-state index contributed by atoms with van der Waals surface area (Å²) in [6.45, 7) is 0.653. The van der Waals surface area contributed by atoms with Crippen LogP contribution in [0.4, 0.5) is 10.1 Å². The Labute approximate surface area is 145 Å². The van der Waals surface area contributed by atoms with E-state index < -0.39 is 0 Å². The van der Waals surface area contributed by atoms with Crippen LogP contribution in [-0.4, -0.2) is 12.3 Å². The van der Waals surface area contributed by atoms with E-state index in [-0.39, 0.29) is 17.6 Å². The van der Waals surface area contributed by atoms with E-state index in [1.807, 2.05) is 24.3 Å². The molecule has 0 saturated carbocycles. The van der Waals surface area contributed by atoms with E-state index >= 15 is 0 Å². The molecular weight excluding hydrogens is 331 g/mol. The number of nitrogens with one attached hydrogen (secondary N) is 2. The molecule has 0 spiro atoms. The van der Waals surface area contributed by atoms with E-state index in [0.29, 0.717) is 17.9 Å². The molecule has 0 amide bonds. The molecule has 0 aliphatic rings. The van der Waals surface area contributed by atoms with Gasteiger partial charge >= 0.3 is 0 Å². The summed E-state index contributed by atoms with van der Waals surface area (Å²) < 4.78 is 24.2. The van der Waals surface area contributed by atoms with Crippen molar-refractivity contribution >= 4 is 22.5 Å². The summed E-state index contributed by atoms with van der Waals surface area (Å²) in [5.41, 5.74) is 2.37. The van der Waals surface area contributed by atoms with Crippen LogP contribution in [0.5, 0.6) is 5.75 Å². The third-order valence-electron chi connectivity index (χ3n) is 3.22. The van der Waals surface area contributed by atoms with Gasteiger partial charge in [-0.1, -0.05) is 23.7 Å². The summed E-state index contributed by atoms with van der Waals surface area (Å²) >= 11 is 5.44. The van der Waals surface area contributed by atoms with Crippen molar-refractivity contribution < 1.29 is 13.9 Å². The number of allylic oxidation sites excluding steroid dienone is 1. The first kappa shape index (κ1) is 18.0. The second kappa shape index (κ2) is 9.05. The third-order valence-corrected chi connectivity index (χ3v) is 3.35. The molecule has 0 heterocycles. The van der Waals surface area contributed by atoms with Gasteiger partial charge in [0.25, 0.3) is 0 Å². The SMILES string of the molecule is COc1ccc(COCc2cc(F)ccc2N/C=C\C(=N)Cl)cc1. The number of anilines is 1. The molecule has 126 valence electrons. The van der Waals surface area contributed by atoms with Gasteiger partial charge < -0.3 is 14.8 Å². The van der Waals surface area contributed by atoms with Crippen LogP contribution in [0, 0.1) is 11.2 Å². The maximum absolute atomic E-state index is 13.5. The molecule has 2 aromatic rings. The fourth-order valence-corrected chi connectivity index (χ4v) is 2.09. The quantitative estimate of drug-likeness (QED) is 0.680. The van der Waals surface area contributed by atoms with Crippen molar-refractivity contribution in [2.45, 2.75) is 13.2 Å². The normalized spacial score (nSPS) is 10.8. The van der Waals surface area contributed by atoms with Gasteiger partial charge in [0, 0.05) is 17.5 Å². The van der Waals surface area contributed by atoms with Crippen molar-refractivity contribution in [1.82, 2.24) is 0 Å². The van der Waals surface area contributed by atoms with Crippen molar-refractivity contribution in [1.29, 1.82) is 5.41 Å². The van der Waals surface area contributed by atoms with Crippen LogP contribution < -0.4 is 10.1 Å². The number of benzene rings is 2. The lowest BCUT2D eigenvalue weighted by atomic mass is 10.2. The molecule has 4 nitrogen and oxygen atoms in total. The van der Waals surface area contributed by atoms with E-state index in [0.717, 1.165) is 11.3 Å². The Morgan fingerprint density at radius 2 is 1.96 bits per heavy atom. The highest BCUT2D eigenvalue weighted by molar-refractivity contribution is 6.67. The summed E-state index contributed by atoms with van der Waals surface area (Å²) in [5.74, 6) is 0.449. The summed E-state index contributed by atoms with van der Waals surface area (Å²) in [7, 11) is 1.62. The van der Waals surface area contributed by atoms with Gasteiger partial charge in [0.1, 0.15) is 16.7 Å². The van der Waals surface area contributed by atoms with Gasteiger partial charge in [-0.25, -0.2) is 4.39 Å². The molecule has 24 heavy (non-hydrogen) atoms. The first-order chi connectivity index (χ1) is 11.6. The van der Waals surface area contributed by atoms with Gasteiger partial charge in [-0.05, 0) is 42.0 Å². The van der Waals surface area contributed by atoms with Gasteiger partial charge in [-0.3, -0.25) is 5.41 Å². The highest BCUT2D eigenvalue weighted by Crippen LogP contribution is 2.19. The van der Waals surface area contributed by atoms with E-state index in [1.165, 1.54) is 24.4 Å². The average Bonchev–Trinajstić information content (AvgIpc) is 2.57. The van der Waals surface area contributed by atoms with Crippen LogP contribution >= 0.6 is 11.6 Å². The minimum atomic E-state index is -0.335. The first-order valence-corrected chi connectivity index (χ1v) is 7.62. The molecule has 2 aromatic carbocycles. The lowest BCUT2D eigenvalue weighted by molar-refractivity contribution is 0.107. The van der Waals surface area contributed by atoms with Gasteiger partial charge in [0.15, 0.2) is 0 Å². The molecule has 0 unspecified atom stereocenters. The maximum Gasteiger partial charge on any atom is 0.123 e. The zero-order chi connectivity index (χ0) is 17.4. The minimum Gasteiger partial charge on any atom is -0.497 e. The van der Waals surface area contributed by atoms with Crippen molar-refractivity contribution in [2.24, 2.45) is 0 Å². The van der Waals surface area contributed by atoms with Gasteiger partial charge in [0.2, 0.25) is 0 Å². The average molecular weight is 349 g/mol. The lowest BCUT2D eigenvalue weighted by Gasteiger charge is -2.11. The van der Waals surface area contributed by atoms with Gasteiger partial charge in [-0.2, -0.15) is 0 Å². The zero-order valence-electron chi connectivity index (χ0n) is 13.2. The molecule has 0 atom stereocenters. The number of halogens is 2. The predicted molar refractivity (Wildman–Crippen MR) is 94.2 cm³/mol. The molecule has 2 rings (SSSR count). The van der Waals surface area contributed by atoms with E-state index in [4.69, 9.17) is 26.5 Å². The molecule has 0 aliphatic carbocycles. The third kappa shape index (κ3) is 5.68. The summed E-state index contributed by atoms with van der Waals surface area (Å²) in [6.07, 6.45) is 2.92. The Bertz CT molecular complexity index is 717. The zero-order valence-corrected chi connectivity index (χ0v) is 13.9. The lowest BCUT2D eigenvalue weighted by Crippen LogP contribution is -2.00. The molecule has 0 aliphatic heterocycles. The summed E-state index contributed by atoms with van der Waals surface area (Å²) in [4.78, 5) is 0. The van der Waals surface area contributed by atoms with Crippen LogP contribution in [-0.2, 0) is 18.0 Å². The number of ether oxygens (including phenoxy) is 2. The summed E-state index contributed by atoms with van der Waals surface area (Å²) in [5, 5.41) is 10.00. The van der Waals surface area contributed by atoms with Crippen molar-refractivity contribution in [3.8, 4) is 5.75 Å². The Morgan fingerprint density at radius 3 is 2.62 bits per heavy atom. The van der Waals surface area contributed by atoms with Gasteiger partial charge in [-0.15, -0.1) is 0 Å². The maximum atomic E-state index is 13.5. The highest BCUT2D eigenvalue weighted by Gasteiger charge is 2.04. The van der Waals surface area contributed by atoms with Crippen molar-refractivity contribution in [3.05, 3.63) is 71.7 Å². The largest absolute Gasteiger partial charge is 0.497 e. The second-order valence-corrected chi connectivity index (χ2v) is 5.38. The fourth-order valence-electron chi connectivity index (χ4n) is 2.03. The fraction of sp³-hybridized carbons (Fsp3) is 0.167. The Kier molecular flexibility index (Phi) is 6.78. The van der Waals surface area contributed by atoms with Crippen LogP contribution in [0.2, 0.25) is 0 Å². The number of hydrogen-bond donors (Lipinski definition) is 2. The molecule has 2 N–H and O–H groups in total. The number of methoxy groups -OCH3 is 1. The van der Waals surface area contributed by atoms with Crippen LogP contribution in [0.15, 0.2) is 54.7 Å². The van der Waals surface area contributed by atoms with Crippen LogP contribution in [0.25, 0.3) is 0 Å².